The average molecular weight is 399 g/mol. The second-order valence-electron chi connectivity index (χ2n) is 10.5. The summed E-state index contributed by atoms with van der Waals surface area (Å²) in [6, 6.07) is 0. The van der Waals surface area contributed by atoms with Gasteiger partial charge in [0, 0.05) is 11.8 Å². The highest BCUT2D eigenvalue weighted by Gasteiger charge is 2.38. The van der Waals surface area contributed by atoms with Crippen molar-refractivity contribution >= 4 is 12.3 Å². The van der Waals surface area contributed by atoms with Gasteiger partial charge in [0.2, 0.25) is 0 Å². The largest absolute Gasteiger partial charge is 0.550 e. The van der Waals surface area contributed by atoms with Crippen LogP contribution in [0.3, 0.4) is 0 Å². The van der Waals surface area contributed by atoms with Gasteiger partial charge in [-0.3, -0.25) is 0 Å². The van der Waals surface area contributed by atoms with Gasteiger partial charge in [-0.05, 0) is 49.4 Å². The number of hydrogen-bond donors (Lipinski definition) is 0. The van der Waals surface area contributed by atoms with Crippen LogP contribution in [0.5, 0.6) is 0 Å². The van der Waals surface area contributed by atoms with Crippen molar-refractivity contribution in [2.24, 2.45) is 22.7 Å². The van der Waals surface area contributed by atoms with Crippen molar-refractivity contribution in [1.82, 2.24) is 0 Å². The summed E-state index contributed by atoms with van der Waals surface area (Å²) >= 11 is 0. The van der Waals surface area contributed by atoms with Crippen LogP contribution in [0.4, 0.5) is 9.59 Å². The SMILES string of the molecule is CC(C)(C)C1CCCCC1OC(=O)OOC(=O)OC1CCCCC1C(C)(C)C. The molecule has 2 fully saturated rings. The van der Waals surface area contributed by atoms with Gasteiger partial charge < -0.3 is 9.47 Å². The van der Waals surface area contributed by atoms with E-state index in [1.54, 1.807) is 0 Å². The Labute approximate surface area is 169 Å². The first-order valence-electron chi connectivity index (χ1n) is 10.7. The van der Waals surface area contributed by atoms with E-state index in [9.17, 15) is 9.59 Å². The summed E-state index contributed by atoms with van der Waals surface area (Å²) in [7, 11) is 0. The fraction of sp³-hybridized carbons (Fsp3) is 0.909. The van der Waals surface area contributed by atoms with Crippen LogP contribution in [0.2, 0.25) is 0 Å². The minimum absolute atomic E-state index is 0.0358. The summed E-state index contributed by atoms with van der Waals surface area (Å²) in [6.07, 6.45) is 5.55. The first-order valence-corrected chi connectivity index (χ1v) is 10.7. The molecule has 0 heterocycles. The molecule has 0 amide bonds. The molecule has 0 bridgehead atoms. The van der Waals surface area contributed by atoms with Crippen LogP contribution in [0.1, 0.15) is 92.9 Å². The zero-order valence-corrected chi connectivity index (χ0v) is 18.4. The Kier molecular flexibility index (Phi) is 7.63. The van der Waals surface area contributed by atoms with Crippen LogP contribution in [0.15, 0.2) is 0 Å². The first kappa shape index (κ1) is 22.8. The standard InChI is InChI=1S/C22H38O6/c1-21(2,3)15-11-7-9-13-17(15)25-19(23)27-28-20(24)26-18-14-10-8-12-16(18)22(4,5)6/h15-18H,7-14H2,1-6H3. The molecule has 0 radical (unpaired) electrons. The molecular formula is C22H38O6. The van der Waals surface area contributed by atoms with Gasteiger partial charge in [-0.2, -0.15) is 19.4 Å². The third kappa shape index (κ3) is 6.56. The second-order valence-corrected chi connectivity index (χ2v) is 10.5. The molecule has 2 saturated carbocycles. The Bertz CT molecular complexity index is 482. The minimum atomic E-state index is -0.978. The van der Waals surface area contributed by atoms with E-state index < -0.39 is 12.3 Å². The topological polar surface area (TPSA) is 71.1 Å². The zero-order valence-electron chi connectivity index (χ0n) is 18.4. The van der Waals surface area contributed by atoms with Gasteiger partial charge in [-0.1, -0.05) is 54.4 Å². The van der Waals surface area contributed by atoms with Gasteiger partial charge in [-0.15, -0.1) is 0 Å². The quantitative estimate of drug-likeness (QED) is 0.304. The van der Waals surface area contributed by atoms with E-state index in [0.29, 0.717) is 0 Å². The summed E-state index contributed by atoms with van der Waals surface area (Å²) in [5, 5.41) is 0. The molecule has 4 unspecified atom stereocenters. The van der Waals surface area contributed by atoms with E-state index >= 15 is 0 Å². The Morgan fingerprint density at radius 1 is 0.607 bits per heavy atom. The van der Waals surface area contributed by atoms with E-state index in [2.05, 4.69) is 51.3 Å². The molecule has 0 spiro atoms. The second kappa shape index (κ2) is 9.36. The highest BCUT2D eigenvalue weighted by Crippen LogP contribution is 2.40. The molecule has 0 N–H and O–H groups in total. The van der Waals surface area contributed by atoms with Crippen LogP contribution in [-0.4, -0.2) is 24.5 Å². The fourth-order valence-electron chi connectivity index (χ4n) is 4.81. The predicted molar refractivity (Wildman–Crippen MR) is 106 cm³/mol. The average Bonchev–Trinajstić information content (AvgIpc) is 2.59. The highest BCUT2D eigenvalue weighted by atomic mass is 17.3. The minimum Gasteiger partial charge on any atom is -0.428 e. The normalized spacial score (nSPS) is 28.9. The molecule has 0 aromatic carbocycles. The van der Waals surface area contributed by atoms with Crippen LogP contribution in [-0.2, 0) is 19.2 Å². The third-order valence-electron chi connectivity index (χ3n) is 6.30. The number of carbonyl (C=O) groups is 2. The molecule has 2 aliphatic carbocycles. The number of hydrogen-bond acceptors (Lipinski definition) is 6. The molecule has 2 aliphatic rings. The Hall–Kier alpha value is -1.46. The molecule has 4 atom stereocenters. The summed E-state index contributed by atoms with van der Waals surface area (Å²) in [4.78, 5) is 33.2. The Balaban J connectivity index is 1.81. The first-order chi connectivity index (χ1) is 13.0. The van der Waals surface area contributed by atoms with Crippen LogP contribution in [0.25, 0.3) is 0 Å². The molecule has 0 saturated heterocycles. The van der Waals surface area contributed by atoms with Crippen molar-refractivity contribution in [2.75, 3.05) is 0 Å². The fourth-order valence-corrected chi connectivity index (χ4v) is 4.81. The lowest BCUT2D eigenvalue weighted by molar-refractivity contribution is -0.231. The lowest BCUT2D eigenvalue weighted by Gasteiger charge is -2.39. The van der Waals surface area contributed by atoms with Crippen molar-refractivity contribution < 1.29 is 28.8 Å². The van der Waals surface area contributed by atoms with Gasteiger partial charge in [0.15, 0.2) is 0 Å². The van der Waals surface area contributed by atoms with E-state index in [0.717, 1.165) is 51.4 Å². The summed E-state index contributed by atoms with van der Waals surface area (Å²) < 4.78 is 10.9. The summed E-state index contributed by atoms with van der Waals surface area (Å²) in [6.45, 7) is 12.9. The van der Waals surface area contributed by atoms with Gasteiger partial charge in [0.25, 0.3) is 0 Å². The van der Waals surface area contributed by atoms with Crippen molar-refractivity contribution in [1.29, 1.82) is 0 Å². The van der Waals surface area contributed by atoms with Crippen molar-refractivity contribution in [2.45, 2.75) is 105 Å². The van der Waals surface area contributed by atoms with E-state index in [-0.39, 0.29) is 34.9 Å². The lowest BCUT2D eigenvalue weighted by atomic mass is 9.71. The van der Waals surface area contributed by atoms with Crippen LogP contribution >= 0.6 is 0 Å². The van der Waals surface area contributed by atoms with Crippen molar-refractivity contribution in [3.63, 3.8) is 0 Å². The smallest absolute Gasteiger partial charge is 0.428 e. The third-order valence-corrected chi connectivity index (χ3v) is 6.30. The molecule has 162 valence electrons. The summed E-state index contributed by atoms with van der Waals surface area (Å²) in [5.41, 5.74) is 0.0716. The number of rotatable bonds is 2. The maximum atomic E-state index is 12.0. The Morgan fingerprint density at radius 3 is 1.25 bits per heavy atom. The summed E-state index contributed by atoms with van der Waals surface area (Å²) in [5.74, 6) is 0.520. The monoisotopic (exact) mass is 398 g/mol. The lowest BCUT2D eigenvalue weighted by Crippen LogP contribution is -2.39. The molecular weight excluding hydrogens is 360 g/mol. The predicted octanol–water partition coefficient (Wildman–Crippen LogP) is 6.42. The number of carbonyl (C=O) groups excluding carboxylic acids is 2. The van der Waals surface area contributed by atoms with Crippen LogP contribution < -0.4 is 0 Å². The molecule has 28 heavy (non-hydrogen) atoms. The van der Waals surface area contributed by atoms with Gasteiger partial charge in [0.05, 0.1) is 0 Å². The molecule has 0 aliphatic heterocycles. The van der Waals surface area contributed by atoms with Gasteiger partial charge >= 0.3 is 12.3 Å². The van der Waals surface area contributed by atoms with Crippen molar-refractivity contribution in [3.8, 4) is 0 Å². The molecule has 6 heteroatoms. The maximum Gasteiger partial charge on any atom is 0.550 e. The maximum absolute atomic E-state index is 12.0. The molecule has 6 nitrogen and oxygen atoms in total. The molecule has 0 aromatic rings. The number of ether oxygens (including phenoxy) is 2. The van der Waals surface area contributed by atoms with E-state index in [1.807, 2.05) is 0 Å². The molecule has 2 rings (SSSR count). The van der Waals surface area contributed by atoms with Gasteiger partial charge in [0.1, 0.15) is 12.2 Å². The van der Waals surface area contributed by atoms with E-state index in [1.165, 1.54) is 0 Å². The van der Waals surface area contributed by atoms with Crippen LogP contribution in [0, 0.1) is 22.7 Å². The van der Waals surface area contributed by atoms with Crippen molar-refractivity contribution in [3.05, 3.63) is 0 Å². The Morgan fingerprint density at radius 2 is 0.929 bits per heavy atom. The van der Waals surface area contributed by atoms with Gasteiger partial charge in [-0.25, -0.2) is 0 Å². The highest BCUT2D eigenvalue weighted by molar-refractivity contribution is 5.63. The zero-order chi connectivity index (χ0) is 20.9. The van der Waals surface area contributed by atoms with E-state index in [4.69, 9.17) is 9.47 Å². The molecule has 0 aromatic heterocycles.